The number of hydrogen-bond donors (Lipinski definition) is 1. The van der Waals surface area contributed by atoms with Gasteiger partial charge in [0.05, 0.1) is 6.04 Å². The minimum atomic E-state index is 0.357. The van der Waals surface area contributed by atoms with Crippen molar-refractivity contribution in [1.29, 1.82) is 0 Å². The van der Waals surface area contributed by atoms with E-state index in [1.807, 2.05) is 24.2 Å². The molecule has 2 N–H and O–H groups in total. The monoisotopic (exact) mass is 224 g/mol. The quantitative estimate of drug-likeness (QED) is 0.799. The number of rotatable bonds is 2. The van der Waals surface area contributed by atoms with E-state index in [0.717, 1.165) is 23.7 Å². The number of nitrogens with two attached hydrogens (primary N) is 1. The molecule has 0 spiro atoms. The van der Waals surface area contributed by atoms with Crippen LogP contribution in [0, 0.1) is 0 Å². The van der Waals surface area contributed by atoms with Crippen molar-refractivity contribution in [3.05, 3.63) is 23.8 Å². The molecule has 1 atom stereocenters. The summed E-state index contributed by atoms with van der Waals surface area (Å²) in [6, 6.07) is 0.357. The highest BCUT2D eigenvalue weighted by Crippen LogP contribution is 2.25. The lowest BCUT2D eigenvalue weighted by Crippen LogP contribution is -2.33. The van der Waals surface area contributed by atoms with Crippen LogP contribution in [0.15, 0.2) is 12.4 Å². The van der Waals surface area contributed by atoms with Crippen molar-refractivity contribution in [1.82, 2.24) is 14.9 Å². The Bertz CT molecular complexity index is 314. The van der Waals surface area contributed by atoms with Gasteiger partial charge in [0.25, 0.3) is 0 Å². The molecular formula is C10H16N4S. The molecular weight excluding hydrogens is 208 g/mol. The van der Waals surface area contributed by atoms with E-state index < -0.39 is 0 Å². The first-order chi connectivity index (χ1) is 7.31. The summed E-state index contributed by atoms with van der Waals surface area (Å²) >= 11 is 1.97. The highest BCUT2D eigenvalue weighted by atomic mass is 32.2. The smallest absolute Gasteiger partial charge is 0.146 e. The molecule has 2 rings (SSSR count). The van der Waals surface area contributed by atoms with Crippen molar-refractivity contribution >= 4 is 11.8 Å². The van der Waals surface area contributed by atoms with Crippen molar-refractivity contribution in [3.8, 4) is 0 Å². The van der Waals surface area contributed by atoms with E-state index in [4.69, 9.17) is 5.73 Å². The first-order valence-corrected chi connectivity index (χ1v) is 6.25. The second-order valence-electron chi connectivity index (χ2n) is 3.72. The molecule has 1 aromatic rings. The Kier molecular flexibility index (Phi) is 3.56. The maximum absolute atomic E-state index is 5.51. The summed E-state index contributed by atoms with van der Waals surface area (Å²) in [7, 11) is 2.13. The molecule has 5 heteroatoms. The molecule has 0 aromatic carbocycles. The average Bonchev–Trinajstić information content (AvgIpc) is 2.30. The van der Waals surface area contributed by atoms with Crippen LogP contribution in [0.4, 0.5) is 0 Å². The first kappa shape index (κ1) is 10.9. The highest BCUT2D eigenvalue weighted by molar-refractivity contribution is 7.99. The zero-order valence-corrected chi connectivity index (χ0v) is 9.70. The van der Waals surface area contributed by atoms with Gasteiger partial charge in [0.15, 0.2) is 0 Å². The molecule has 1 saturated heterocycles. The second-order valence-corrected chi connectivity index (χ2v) is 4.87. The summed E-state index contributed by atoms with van der Waals surface area (Å²) in [5.41, 5.74) is 6.50. The Labute approximate surface area is 94.3 Å². The summed E-state index contributed by atoms with van der Waals surface area (Å²) in [6.45, 7) is 1.62. The van der Waals surface area contributed by atoms with Crippen LogP contribution in [0.2, 0.25) is 0 Å². The van der Waals surface area contributed by atoms with E-state index >= 15 is 0 Å². The Balaban J connectivity index is 2.13. The first-order valence-electron chi connectivity index (χ1n) is 5.10. The average molecular weight is 224 g/mol. The van der Waals surface area contributed by atoms with Gasteiger partial charge in [0.1, 0.15) is 5.82 Å². The minimum Gasteiger partial charge on any atom is -0.326 e. The molecule has 0 amide bonds. The number of thioether (sulfide) groups is 1. The van der Waals surface area contributed by atoms with Crippen LogP contribution in [0.3, 0.4) is 0 Å². The fourth-order valence-electron chi connectivity index (χ4n) is 1.60. The van der Waals surface area contributed by atoms with Crippen molar-refractivity contribution in [3.63, 3.8) is 0 Å². The molecule has 1 aliphatic heterocycles. The lowest BCUT2D eigenvalue weighted by atomic mass is 10.2. The summed E-state index contributed by atoms with van der Waals surface area (Å²) in [5.74, 6) is 3.20. The van der Waals surface area contributed by atoms with Crippen molar-refractivity contribution < 1.29 is 0 Å². The fraction of sp³-hybridized carbons (Fsp3) is 0.600. The van der Waals surface area contributed by atoms with Gasteiger partial charge in [-0.15, -0.1) is 0 Å². The SMILES string of the molecule is CN1CCSCC1c1ncc(CN)cn1. The Hall–Kier alpha value is -0.650. The maximum atomic E-state index is 5.51. The lowest BCUT2D eigenvalue weighted by Gasteiger charge is -2.30. The molecule has 4 nitrogen and oxygen atoms in total. The molecule has 1 unspecified atom stereocenters. The van der Waals surface area contributed by atoms with E-state index in [1.54, 1.807) is 0 Å². The maximum Gasteiger partial charge on any atom is 0.146 e. The summed E-state index contributed by atoms with van der Waals surface area (Å²) < 4.78 is 0. The standard InChI is InChI=1S/C10H16N4S/c1-14-2-3-15-7-9(14)10-12-5-8(4-11)6-13-10/h5-6,9H,2-4,7,11H2,1H3. The number of hydrogen-bond acceptors (Lipinski definition) is 5. The van der Waals surface area contributed by atoms with Crippen LogP contribution in [0.25, 0.3) is 0 Å². The molecule has 1 aromatic heterocycles. The van der Waals surface area contributed by atoms with Gasteiger partial charge in [0.2, 0.25) is 0 Å². The number of nitrogens with zero attached hydrogens (tertiary/aromatic N) is 3. The molecule has 15 heavy (non-hydrogen) atoms. The lowest BCUT2D eigenvalue weighted by molar-refractivity contribution is 0.264. The Morgan fingerprint density at radius 2 is 2.27 bits per heavy atom. The Morgan fingerprint density at radius 3 is 2.87 bits per heavy atom. The number of aromatic nitrogens is 2. The predicted molar refractivity (Wildman–Crippen MR) is 62.6 cm³/mol. The molecule has 0 bridgehead atoms. The Morgan fingerprint density at radius 1 is 1.53 bits per heavy atom. The third kappa shape index (κ3) is 2.48. The van der Waals surface area contributed by atoms with E-state index in [2.05, 4.69) is 21.9 Å². The van der Waals surface area contributed by atoms with Gasteiger partial charge in [-0.25, -0.2) is 9.97 Å². The third-order valence-corrected chi connectivity index (χ3v) is 3.68. The van der Waals surface area contributed by atoms with Crippen molar-refractivity contribution in [2.75, 3.05) is 25.1 Å². The summed E-state index contributed by atoms with van der Waals surface area (Å²) in [5, 5.41) is 0. The summed E-state index contributed by atoms with van der Waals surface area (Å²) in [4.78, 5) is 11.1. The van der Waals surface area contributed by atoms with Gasteiger partial charge in [-0.2, -0.15) is 11.8 Å². The third-order valence-electron chi connectivity index (χ3n) is 2.66. The second kappa shape index (κ2) is 4.92. The van der Waals surface area contributed by atoms with E-state index in [9.17, 15) is 0 Å². The predicted octanol–water partition coefficient (Wildman–Crippen LogP) is 0.655. The topological polar surface area (TPSA) is 55.0 Å². The zero-order valence-electron chi connectivity index (χ0n) is 8.89. The van der Waals surface area contributed by atoms with E-state index in [1.165, 1.54) is 5.75 Å². The molecule has 0 saturated carbocycles. The van der Waals surface area contributed by atoms with Gasteiger partial charge in [-0.05, 0) is 7.05 Å². The molecule has 0 radical (unpaired) electrons. The van der Waals surface area contributed by atoms with Crippen LogP contribution in [0.5, 0.6) is 0 Å². The van der Waals surface area contributed by atoms with Gasteiger partial charge in [0, 0.05) is 42.6 Å². The van der Waals surface area contributed by atoms with Crippen LogP contribution in [-0.2, 0) is 6.54 Å². The molecule has 2 heterocycles. The molecule has 0 aliphatic carbocycles. The molecule has 1 aliphatic rings. The van der Waals surface area contributed by atoms with E-state index in [0.29, 0.717) is 12.6 Å². The van der Waals surface area contributed by atoms with Crippen LogP contribution >= 0.6 is 11.8 Å². The minimum absolute atomic E-state index is 0.357. The van der Waals surface area contributed by atoms with Crippen LogP contribution < -0.4 is 5.73 Å². The van der Waals surface area contributed by atoms with Gasteiger partial charge in [-0.3, -0.25) is 4.90 Å². The summed E-state index contributed by atoms with van der Waals surface area (Å²) in [6.07, 6.45) is 3.66. The normalized spacial score (nSPS) is 22.9. The van der Waals surface area contributed by atoms with Crippen LogP contribution in [-0.4, -0.2) is 40.0 Å². The van der Waals surface area contributed by atoms with Crippen LogP contribution in [0.1, 0.15) is 17.4 Å². The van der Waals surface area contributed by atoms with Gasteiger partial charge >= 0.3 is 0 Å². The zero-order chi connectivity index (χ0) is 10.7. The highest BCUT2D eigenvalue weighted by Gasteiger charge is 2.22. The largest absolute Gasteiger partial charge is 0.326 e. The fourth-order valence-corrected chi connectivity index (χ4v) is 2.81. The van der Waals surface area contributed by atoms with E-state index in [-0.39, 0.29) is 0 Å². The molecule has 1 fully saturated rings. The van der Waals surface area contributed by atoms with Crippen molar-refractivity contribution in [2.24, 2.45) is 5.73 Å². The molecule has 82 valence electrons. The van der Waals surface area contributed by atoms with Crippen molar-refractivity contribution in [2.45, 2.75) is 12.6 Å². The van der Waals surface area contributed by atoms with Gasteiger partial charge in [-0.1, -0.05) is 0 Å². The van der Waals surface area contributed by atoms with Gasteiger partial charge < -0.3 is 5.73 Å².